The van der Waals surface area contributed by atoms with Crippen molar-refractivity contribution < 1.29 is 24.1 Å². The third-order valence-electron chi connectivity index (χ3n) is 5.76. The molecule has 1 aliphatic rings. The van der Waals surface area contributed by atoms with Crippen molar-refractivity contribution in [3.63, 3.8) is 0 Å². The van der Waals surface area contributed by atoms with Crippen LogP contribution >= 0.6 is 0 Å². The molecule has 5 nitrogen and oxygen atoms in total. The van der Waals surface area contributed by atoms with Gasteiger partial charge in [-0.05, 0) is 47.9 Å². The zero-order valence-corrected chi connectivity index (χ0v) is 19.7. The molecule has 1 aromatic rings. The number of hydrogen-bond donors (Lipinski definition) is 2. The summed E-state index contributed by atoms with van der Waals surface area (Å²) in [7, 11) is 1.67. The quantitative estimate of drug-likeness (QED) is 0.480. The predicted octanol–water partition coefficient (Wildman–Crippen LogP) is 5.36. The Hall–Kier alpha value is -2.31. The van der Waals surface area contributed by atoms with Crippen molar-refractivity contribution in [1.29, 1.82) is 0 Å². The maximum Gasteiger partial charge on any atom is 0.303 e. The van der Waals surface area contributed by atoms with Crippen LogP contribution < -0.4 is 0 Å². The van der Waals surface area contributed by atoms with Crippen LogP contribution in [0, 0.1) is 23.6 Å². The SMILES string of the molecule is COCC1C(C(C)C)=NC(C(C)C)=C(/C=C/[C@@H](O)CCCC(=O)O)C1c1ccc(F)cc1. The van der Waals surface area contributed by atoms with Crippen molar-refractivity contribution in [3.05, 3.63) is 59.1 Å². The van der Waals surface area contributed by atoms with Gasteiger partial charge in [-0.3, -0.25) is 9.79 Å². The zero-order valence-electron chi connectivity index (χ0n) is 19.7. The number of carbonyl (C=O) groups is 1. The van der Waals surface area contributed by atoms with E-state index in [-0.39, 0.29) is 35.9 Å². The van der Waals surface area contributed by atoms with Gasteiger partial charge in [0.1, 0.15) is 5.82 Å². The van der Waals surface area contributed by atoms with E-state index in [4.69, 9.17) is 14.8 Å². The molecule has 2 unspecified atom stereocenters. The first kappa shape index (κ1) is 25.9. The number of carboxylic acid groups (broad SMARTS) is 1. The average Bonchev–Trinajstić information content (AvgIpc) is 2.72. The topological polar surface area (TPSA) is 79.1 Å². The lowest BCUT2D eigenvalue weighted by molar-refractivity contribution is -0.137. The second-order valence-corrected chi connectivity index (χ2v) is 8.99. The van der Waals surface area contributed by atoms with Crippen molar-refractivity contribution in [2.45, 2.75) is 59.0 Å². The maximum absolute atomic E-state index is 13.7. The van der Waals surface area contributed by atoms with E-state index in [2.05, 4.69) is 27.7 Å². The maximum atomic E-state index is 13.7. The fourth-order valence-corrected chi connectivity index (χ4v) is 4.26. The van der Waals surface area contributed by atoms with Crippen LogP contribution in [0.3, 0.4) is 0 Å². The molecule has 0 fully saturated rings. The second-order valence-electron chi connectivity index (χ2n) is 8.99. The number of methoxy groups -OCH3 is 1. The third-order valence-corrected chi connectivity index (χ3v) is 5.76. The van der Waals surface area contributed by atoms with Crippen LogP contribution in [0.25, 0.3) is 0 Å². The number of carboxylic acids is 1. The molecule has 1 heterocycles. The largest absolute Gasteiger partial charge is 0.481 e. The Morgan fingerprint density at radius 1 is 1.19 bits per heavy atom. The van der Waals surface area contributed by atoms with E-state index >= 15 is 0 Å². The number of aliphatic hydroxyl groups excluding tert-OH is 1. The minimum Gasteiger partial charge on any atom is -0.481 e. The number of ether oxygens (including phenoxy) is 1. The summed E-state index contributed by atoms with van der Waals surface area (Å²) in [5.41, 5.74) is 3.96. The van der Waals surface area contributed by atoms with Crippen molar-refractivity contribution in [2.75, 3.05) is 13.7 Å². The number of hydrogen-bond acceptors (Lipinski definition) is 4. The molecule has 1 aromatic carbocycles. The molecule has 0 aromatic heterocycles. The van der Waals surface area contributed by atoms with Crippen LogP contribution in [0.5, 0.6) is 0 Å². The highest BCUT2D eigenvalue weighted by atomic mass is 19.1. The molecular formula is C26H36FNO4. The van der Waals surface area contributed by atoms with Crippen molar-refractivity contribution in [1.82, 2.24) is 0 Å². The lowest BCUT2D eigenvalue weighted by Crippen LogP contribution is -2.35. The molecule has 0 spiro atoms. The number of aliphatic hydroxyl groups is 1. The molecule has 0 radical (unpaired) electrons. The Morgan fingerprint density at radius 2 is 1.84 bits per heavy atom. The van der Waals surface area contributed by atoms with Crippen molar-refractivity contribution >= 4 is 11.7 Å². The molecule has 32 heavy (non-hydrogen) atoms. The van der Waals surface area contributed by atoms with Gasteiger partial charge in [0, 0.05) is 36.8 Å². The van der Waals surface area contributed by atoms with Crippen LogP contribution in [0.1, 0.15) is 58.4 Å². The van der Waals surface area contributed by atoms with Crippen LogP contribution in [0.2, 0.25) is 0 Å². The van der Waals surface area contributed by atoms with E-state index in [1.54, 1.807) is 25.3 Å². The summed E-state index contributed by atoms with van der Waals surface area (Å²) in [5, 5.41) is 19.2. The van der Waals surface area contributed by atoms with E-state index < -0.39 is 12.1 Å². The Morgan fingerprint density at radius 3 is 2.38 bits per heavy atom. The molecule has 0 bridgehead atoms. The smallest absolute Gasteiger partial charge is 0.303 e. The van der Waals surface area contributed by atoms with E-state index in [0.29, 0.717) is 19.4 Å². The number of allylic oxidation sites excluding steroid dienone is 3. The molecule has 1 aliphatic heterocycles. The van der Waals surface area contributed by atoms with Crippen LogP contribution in [-0.2, 0) is 9.53 Å². The normalized spacial score (nSPS) is 20.3. The fourth-order valence-electron chi connectivity index (χ4n) is 4.26. The van der Waals surface area contributed by atoms with Gasteiger partial charge in [-0.1, -0.05) is 52.0 Å². The van der Waals surface area contributed by atoms with Crippen molar-refractivity contribution in [2.24, 2.45) is 22.7 Å². The predicted molar refractivity (Wildman–Crippen MR) is 125 cm³/mol. The Kier molecular flexibility index (Phi) is 9.79. The summed E-state index contributed by atoms with van der Waals surface area (Å²) in [6.07, 6.45) is 3.69. The molecule has 2 N–H and O–H groups in total. The highest BCUT2D eigenvalue weighted by Gasteiger charge is 2.36. The first-order chi connectivity index (χ1) is 15.1. The van der Waals surface area contributed by atoms with Gasteiger partial charge in [0.2, 0.25) is 0 Å². The Labute approximate surface area is 190 Å². The second kappa shape index (κ2) is 12.1. The number of rotatable bonds is 11. The van der Waals surface area contributed by atoms with Crippen LogP contribution in [0.4, 0.5) is 4.39 Å². The van der Waals surface area contributed by atoms with E-state index in [1.165, 1.54) is 12.1 Å². The van der Waals surface area contributed by atoms with E-state index in [0.717, 1.165) is 22.5 Å². The summed E-state index contributed by atoms with van der Waals surface area (Å²) < 4.78 is 19.3. The first-order valence-electron chi connectivity index (χ1n) is 11.3. The summed E-state index contributed by atoms with van der Waals surface area (Å²) in [4.78, 5) is 15.8. The van der Waals surface area contributed by atoms with Crippen LogP contribution in [-0.4, -0.2) is 41.7 Å². The van der Waals surface area contributed by atoms with Crippen molar-refractivity contribution in [3.8, 4) is 0 Å². The summed E-state index contributed by atoms with van der Waals surface area (Å²) in [5.74, 6) is -0.891. The molecule has 6 heteroatoms. The highest BCUT2D eigenvalue weighted by molar-refractivity contribution is 5.92. The van der Waals surface area contributed by atoms with Gasteiger partial charge in [0.25, 0.3) is 0 Å². The highest BCUT2D eigenvalue weighted by Crippen LogP contribution is 2.43. The monoisotopic (exact) mass is 445 g/mol. The van der Waals surface area contributed by atoms with Gasteiger partial charge in [-0.15, -0.1) is 0 Å². The Balaban J connectivity index is 2.54. The van der Waals surface area contributed by atoms with E-state index in [9.17, 15) is 14.3 Å². The van der Waals surface area contributed by atoms with Gasteiger partial charge >= 0.3 is 5.97 Å². The standard InChI is InChI=1S/C26H36FNO4/c1-16(2)25-21(14-13-20(29)7-6-8-23(30)31)24(18-9-11-19(27)12-10-18)22(15-32-5)26(28-25)17(3)4/h9-14,16-17,20,22,24,29H,6-8,15H2,1-5H3,(H,30,31)/b14-13+/t20-,22?,24?/m0/s1. The summed E-state index contributed by atoms with van der Waals surface area (Å²) in [6, 6.07) is 6.55. The van der Waals surface area contributed by atoms with Gasteiger partial charge in [-0.25, -0.2) is 4.39 Å². The van der Waals surface area contributed by atoms with Gasteiger partial charge in [-0.2, -0.15) is 0 Å². The molecule has 176 valence electrons. The number of benzene rings is 1. The summed E-state index contributed by atoms with van der Waals surface area (Å²) >= 11 is 0. The number of halogens is 1. The molecule has 3 atom stereocenters. The molecule has 2 rings (SSSR count). The lowest BCUT2D eigenvalue weighted by Gasteiger charge is -2.37. The first-order valence-corrected chi connectivity index (χ1v) is 11.3. The lowest BCUT2D eigenvalue weighted by atomic mass is 9.72. The molecule has 0 saturated heterocycles. The average molecular weight is 446 g/mol. The Bertz CT molecular complexity index is 855. The van der Waals surface area contributed by atoms with Gasteiger partial charge in [0.05, 0.1) is 12.7 Å². The zero-order chi connectivity index (χ0) is 23.8. The van der Waals surface area contributed by atoms with Crippen LogP contribution in [0.15, 0.2) is 52.7 Å². The summed E-state index contributed by atoms with van der Waals surface area (Å²) in [6.45, 7) is 8.89. The number of aliphatic imine (C=N–C) groups is 1. The molecule has 0 amide bonds. The van der Waals surface area contributed by atoms with Gasteiger partial charge < -0.3 is 14.9 Å². The number of nitrogens with zero attached hydrogens (tertiary/aromatic N) is 1. The molecule has 0 aliphatic carbocycles. The minimum absolute atomic E-state index is 0.0169. The third kappa shape index (κ3) is 6.84. The number of aliphatic carboxylic acids is 1. The molecular weight excluding hydrogens is 409 g/mol. The molecule has 0 saturated carbocycles. The fraction of sp³-hybridized carbons (Fsp3) is 0.538. The van der Waals surface area contributed by atoms with Gasteiger partial charge in [0.15, 0.2) is 0 Å². The van der Waals surface area contributed by atoms with E-state index in [1.807, 2.05) is 6.08 Å². The minimum atomic E-state index is -0.868.